The molecule has 23 heavy (non-hydrogen) atoms. The van der Waals surface area contributed by atoms with Crippen LogP contribution in [-0.2, 0) is 16.0 Å². The summed E-state index contributed by atoms with van der Waals surface area (Å²) < 4.78 is 4.94. The Morgan fingerprint density at radius 2 is 1.48 bits per heavy atom. The molecule has 0 saturated heterocycles. The van der Waals surface area contributed by atoms with Gasteiger partial charge in [-0.05, 0) is 48.4 Å². The van der Waals surface area contributed by atoms with E-state index in [-0.39, 0.29) is 12.5 Å². The van der Waals surface area contributed by atoms with Crippen LogP contribution in [0.3, 0.4) is 0 Å². The molecule has 0 aliphatic carbocycles. The van der Waals surface area contributed by atoms with E-state index in [1.807, 2.05) is 12.1 Å². The molecule has 0 atom stereocenters. The quantitative estimate of drug-likeness (QED) is 0.810. The Morgan fingerprint density at radius 1 is 0.913 bits per heavy atom. The molecule has 0 saturated carbocycles. The van der Waals surface area contributed by atoms with Gasteiger partial charge in [0.25, 0.3) is 5.91 Å². The molecule has 2 rings (SSSR count). The third-order valence-corrected chi connectivity index (χ3v) is 3.57. The van der Waals surface area contributed by atoms with E-state index < -0.39 is 5.97 Å². The molecule has 0 aliphatic rings. The monoisotopic (exact) mass is 351 g/mol. The van der Waals surface area contributed by atoms with Crippen LogP contribution in [0, 0.1) is 0 Å². The zero-order valence-corrected chi connectivity index (χ0v) is 13.7. The van der Waals surface area contributed by atoms with Crippen molar-refractivity contribution in [1.29, 1.82) is 0 Å². The summed E-state index contributed by atoms with van der Waals surface area (Å²) in [5, 5.41) is 3.89. The van der Waals surface area contributed by atoms with Crippen LogP contribution in [0.1, 0.15) is 15.9 Å². The first-order valence-corrected chi connectivity index (χ1v) is 7.74. The van der Waals surface area contributed by atoms with E-state index in [1.165, 1.54) is 0 Å². The van der Waals surface area contributed by atoms with Gasteiger partial charge in [0, 0.05) is 16.6 Å². The molecule has 0 unspecified atom stereocenters. The second-order valence-corrected chi connectivity index (χ2v) is 5.68. The second kappa shape index (κ2) is 8.56. The van der Waals surface area contributed by atoms with Gasteiger partial charge in [0.15, 0.2) is 6.61 Å². The number of esters is 1. The topological polar surface area (TPSA) is 55.4 Å². The van der Waals surface area contributed by atoms with Crippen molar-refractivity contribution in [3.63, 3.8) is 0 Å². The highest BCUT2D eigenvalue weighted by atomic mass is 35.5. The Balaban J connectivity index is 1.69. The third-order valence-electron chi connectivity index (χ3n) is 3.06. The summed E-state index contributed by atoms with van der Waals surface area (Å²) in [4.78, 5) is 23.4. The van der Waals surface area contributed by atoms with Gasteiger partial charge in [0.2, 0.25) is 0 Å². The molecule has 0 heterocycles. The Morgan fingerprint density at radius 3 is 2.09 bits per heavy atom. The summed E-state index contributed by atoms with van der Waals surface area (Å²) in [5.74, 6) is -0.907. The van der Waals surface area contributed by atoms with Crippen LogP contribution >= 0.6 is 23.2 Å². The number of nitrogens with one attached hydrogen (secondary N) is 1. The van der Waals surface area contributed by atoms with Gasteiger partial charge in [-0.15, -0.1) is 0 Å². The van der Waals surface area contributed by atoms with Crippen LogP contribution in [0.15, 0.2) is 48.5 Å². The van der Waals surface area contributed by atoms with Crippen molar-refractivity contribution in [2.75, 3.05) is 13.2 Å². The van der Waals surface area contributed by atoms with Gasteiger partial charge in [-0.25, -0.2) is 4.79 Å². The molecule has 0 fully saturated rings. The molecule has 120 valence electrons. The molecule has 0 radical (unpaired) electrons. The molecule has 4 nitrogen and oxygen atoms in total. The minimum absolute atomic E-state index is 0.317. The third kappa shape index (κ3) is 5.93. The van der Waals surface area contributed by atoms with Crippen molar-refractivity contribution < 1.29 is 14.3 Å². The number of benzene rings is 2. The van der Waals surface area contributed by atoms with Crippen molar-refractivity contribution in [3.8, 4) is 0 Å². The minimum atomic E-state index is -0.561. The summed E-state index contributed by atoms with van der Waals surface area (Å²) in [6.45, 7) is 0.140. The van der Waals surface area contributed by atoms with Gasteiger partial charge in [-0.3, -0.25) is 4.79 Å². The smallest absolute Gasteiger partial charge is 0.338 e. The van der Waals surface area contributed by atoms with E-state index in [0.717, 1.165) is 5.56 Å². The number of hydrogen-bond acceptors (Lipinski definition) is 3. The summed E-state index contributed by atoms with van der Waals surface area (Å²) in [7, 11) is 0. The van der Waals surface area contributed by atoms with E-state index >= 15 is 0 Å². The van der Waals surface area contributed by atoms with E-state index in [4.69, 9.17) is 27.9 Å². The predicted octanol–water partition coefficient (Wildman–Crippen LogP) is 3.51. The van der Waals surface area contributed by atoms with Crippen molar-refractivity contribution in [2.45, 2.75) is 6.42 Å². The van der Waals surface area contributed by atoms with Crippen molar-refractivity contribution >= 4 is 35.1 Å². The number of halogens is 2. The molecule has 2 aromatic rings. The highest BCUT2D eigenvalue weighted by Crippen LogP contribution is 2.11. The Kier molecular flexibility index (Phi) is 6.44. The average molecular weight is 352 g/mol. The van der Waals surface area contributed by atoms with Gasteiger partial charge < -0.3 is 10.1 Å². The zero-order chi connectivity index (χ0) is 16.7. The molecular formula is C17H15Cl2NO3. The molecule has 0 spiro atoms. The lowest BCUT2D eigenvalue weighted by Gasteiger charge is -2.07. The van der Waals surface area contributed by atoms with Gasteiger partial charge >= 0.3 is 5.97 Å². The molecule has 6 heteroatoms. The SMILES string of the molecule is O=C(COC(=O)c1ccc(Cl)cc1)NCCc1ccc(Cl)cc1. The number of carbonyl (C=O) groups is 2. The Labute approximate surface area is 144 Å². The Bertz CT molecular complexity index is 669. The molecule has 1 N–H and O–H groups in total. The lowest BCUT2D eigenvalue weighted by Crippen LogP contribution is -2.30. The first-order valence-electron chi connectivity index (χ1n) is 6.98. The van der Waals surface area contributed by atoms with Gasteiger partial charge in [0.05, 0.1) is 5.56 Å². The Hall–Kier alpha value is -2.04. The minimum Gasteiger partial charge on any atom is -0.452 e. The summed E-state index contributed by atoms with van der Waals surface area (Å²) in [6.07, 6.45) is 0.675. The first-order chi connectivity index (χ1) is 11.0. The second-order valence-electron chi connectivity index (χ2n) is 4.81. The van der Waals surface area contributed by atoms with Gasteiger partial charge in [-0.2, -0.15) is 0 Å². The van der Waals surface area contributed by atoms with Crippen LogP contribution in [0.5, 0.6) is 0 Å². The predicted molar refractivity (Wildman–Crippen MR) is 89.9 cm³/mol. The van der Waals surface area contributed by atoms with Gasteiger partial charge in [0.1, 0.15) is 0 Å². The normalized spacial score (nSPS) is 10.2. The highest BCUT2D eigenvalue weighted by Gasteiger charge is 2.09. The van der Waals surface area contributed by atoms with Crippen molar-refractivity contribution in [2.24, 2.45) is 0 Å². The first kappa shape index (κ1) is 17.3. The fraction of sp³-hybridized carbons (Fsp3) is 0.176. The number of hydrogen-bond donors (Lipinski definition) is 1. The number of rotatable bonds is 6. The lowest BCUT2D eigenvalue weighted by molar-refractivity contribution is -0.124. The molecule has 2 aromatic carbocycles. The largest absolute Gasteiger partial charge is 0.452 e. The standard InChI is InChI=1S/C17H15Cl2NO3/c18-14-5-1-12(2-6-14)9-10-20-16(21)11-23-17(22)13-3-7-15(19)8-4-13/h1-8H,9-11H2,(H,20,21). The van der Waals surface area contributed by atoms with E-state index in [9.17, 15) is 9.59 Å². The molecule has 0 bridgehead atoms. The molecule has 1 amide bonds. The average Bonchev–Trinajstić information content (AvgIpc) is 2.55. The highest BCUT2D eigenvalue weighted by molar-refractivity contribution is 6.30. The van der Waals surface area contributed by atoms with Crippen LogP contribution in [0.4, 0.5) is 0 Å². The molecule has 0 aromatic heterocycles. The van der Waals surface area contributed by atoms with E-state index in [2.05, 4.69) is 5.32 Å². The lowest BCUT2D eigenvalue weighted by atomic mass is 10.1. The summed E-state index contributed by atoms with van der Waals surface area (Å²) >= 11 is 11.5. The fourth-order valence-corrected chi connectivity index (χ4v) is 2.10. The molecular weight excluding hydrogens is 337 g/mol. The fourth-order valence-electron chi connectivity index (χ4n) is 1.85. The van der Waals surface area contributed by atoms with Gasteiger partial charge in [-0.1, -0.05) is 35.3 Å². The number of carbonyl (C=O) groups excluding carboxylic acids is 2. The number of ether oxygens (including phenoxy) is 1. The molecule has 0 aliphatic heterocycles. The van der Waals surface area contributed by atoms with E-state index in [0.29, 0.717) is 28.6 Å². The van der Waals surface area contributed by atoms with Crippen LogP contribution in [0.25, 0.3) is 0 Å². The maximum atomic E-state index is 11.7. The van der Waals surface area contributed by atoms with Crippen molar-refractivity contribution in [3.05, 3.63) is 69.7 Å². The summed E-state index contributed by atoms with van der Waals surface area (Å²) in [6, 6.07) is 13.7. The number of amides is 1. The van der Waals surface area contributed by atoms with Crippen LogP contribution < -0.4 is 5.32 Å². The van der Waals surface area contributed by atoms with Crippen LogP contribution in [-0.4, -0.2) is 25.0 Å². The maximum Gasteiger partial charge on any atom is 0.338 e. The van der Waals surface area contributed by atoms with Crippen molar-refractivity contribution in [1.82, 2.24) is 5.32 Å². The maximum absolute atomic E-state index is 11.7. The van der Waals surface area contributed by atoms with Crippen LogP contribution in [0.2, 0.25) is 10.0 Å². The zero-order valence-electron chi connectivity index (χ0n) is 12.2. The summed E-state index contributed by atoms with van der Waals surface area (Å²) in [5.41, 5.74) is 1.41. The van der Waals surface area contributed by atoms with E-state index in [1.54, 1.807) is 36.4 Å².